The molecule has 210 valence electrons. The number of rotatable bonds is 3. The molecule has 40 heavy (non-hydrogen) atoms. The van der Waals surface area contributed by atoms with E-state index in [9.17, 15) is 14.0 Å². The summed E-state index contributed by atoms with van der Waals surface area (Å²) in [6.45, 7) is 7.02. The number of likely N-dealkylation sites (tertiary alicyclic amines) is 1. The molecule has 3 heterocycles. The van der Waals surface area contributed by atoms with Gasteiger partial charge in [-0.2, -0.15) is 5.10 Å². The second kappa shape index (κ2) is 11.3. The van der Waals surface area contributed by atoms with E-state index >= 15 is 0 Å². The zero-order valence-electron chi connectivity index (χ0n) is 22.7. The van der Waals surface area contributed by atoms with Gasteiger partial charge in [-0.05, 0) is 88.4 Å². The lowest BCUT2D eigenvalue weighted by Crippen LogP contribution is -2.40. The highest BCUT2D eigenvalue weighted by Gasteiger charge is 2.37. The smallest absolute Gasteiger partial charge is 0.414 e. The summed E-state index contributed by atoms with van der Waals surface area (Å²) in [5.41, 5.74) is 2.51. The van der Waals surface area contributed by atoms with E-state index in [4.69, 9.17) is 33.0 Å². The van der Waals surface area contributed by atoms with Crippen LogP contribution in [0.25, 0.3) is 17.5 Å². The van der Waals surface area contributed by atoms with Crippen molar-refractivity contribution in [2.24, 2.45) is 0 Å². The second-order valence-electron chi connectivity index (χ2n) is 11.0. The Bertz CT molecular complexity index is 1470. The van der Waals surface area contributed by atoms with E-state index in [0.717, 1.165) is 24.8 Å². The molecule has 2 aliphatic rings. The number of carbonyl (C=O) groups is 2. The fourth-order valence-corrected chi connectivity index (χ4v) is 5.53. The van der Waals surface area contributed by atoms with E-state index in [1.54, 1.807) is 61.9 Å². The van der Waals surface area contributed by atoms with Crippen LogP contribution in [-0.4, -0.2) is 56.8 Å². The van der Waals surface area contributed by atoms with Crippen molar-refractivity contribution < 1.29 is 18.7 Å². The molecule has 0 aliphatic carbocycles. The molecule has 1 fully saturated rings. The molecule has 3 aromatic rings. The molecule has 1 aromatic heterocycles. The number of hydrogen-bond acceptors (Lipinski definition) is 4. The highest BCUT2D eigenvalue weighted by Crippen LogP contribution is 2.38. The molecule has 0 spiro atoms. The predicted molar refractivity (Wildman–Crippen MR) is 154 cm³/mol. The van der Waals surface area contributed by atoms with Crippen LogP contribution in [0.2, 0.25) is 10.0 Å². The first kappa shape index (κ1) is 28.2. The van der Waals surface area contributed by atoms with Gasteiger partial charge in [-0.3, -0.25) is 9.69 Å². The van der Waals surface area contributed by atoms with Gasteiger partial charge < -0.3 is 9.64 Å². The first-order valence-electron chi connectivity index (χ1n) is 13.4. The van der Waals surface area contributed by atoms with Gasteiger partial charge in [0.25, 0.3) is 5.91 Å². The number of carbonyl (C=O) groups excluding carboxylic acids is 2. The van der Waals surface area contributed by atoms with E-state index in [2.05, 4.69) is 0 Å². The van der Waals surface area contributed by atoms with Crippen molar-refractivity contribution in [1.29, 1.82) is 0 Å². The minimum absolute atomic E-state index is 0.147. The SMILES string of the molecule is CC(C)(C)OC(=O)N1CCc2c(C(=O)N3CCCCC3)nn(-c3ccc(Cl)cc3Cl)c2C1=Cc1ccc(F)cc1. The van der Waals surface area contributed by atoms with Gasteiger partial charge in [0.05, 0.1) is 22.1 Å². The summed E-state index contributed by atoms with van der Waals surface area (Å²) in [5.74, 6) is -0.519. The number of fused-ring (bicyclic) bond motifs is 1. The third kappa shape index (κ3) is 5.88. The molecule has 2 aromatic carbocycles. The van der Waals surface area contributed by atoms with Crippen molar-refractivity contribution in [2.75, 3.05) is 19.6 Å². The zero-order valence-corrected chi connectivity index (χ0v) is 24.2. The lowest BCUT2D eigenvalue weighted by molar-refractivity contribution is 0.0351. The monoisotopic (exact) mass is 584 g/mol. The van der Waals surface area contributed by atoms with E-state index in [1.165, 1.54) is 17.0 Å². The number of aromatic nitrogens is 2. The fourth-order valence-electron chi connectivity index (χ4n) is 5.04. The Morgan fingerprint density at radius 3 is 2.35 bits per heavy atom. The van der Waals surface area contributed by atoms with Gasteiger partial charge in [0, 0.05) is 30.2 Å². The van der Waals surface area contributed by atoms with E-state index in [0.29, 0.717) is 57.9 Å². The van der Waals surface area contributed by atoms with Crippen molar-refractivity contribution in [3.63, 3.8) is 0 Å². The Morgan fingerprint density at radius 2 is 1.70 bits per heavy atom. The van der Waals surface area contributed by atoms with Crippen LogP contribution in [0.4, 0.5) is 9.18 Å². The van der Waals surface area contributed by atoms with Crippen LogP contribution in [0.3, 0.4) is 0 Å². The highest BCUT2D eigenvalue weighted by molar-refractivity contribution is 6.35. The van der Waals surface area contributed by atoms with Crippen LogP contribution in [0, 0.1) is 5.82 Å². The number of halogens is 3. The van der Waals surface area contributed by atoms with Crippen molar-refractivity contribution in [3.05, 3.63) is 80.8 Å². The summed E-state index contributed by atoms with van der Waals surface area (Å²) in [6, 6.07) is 11.0. The van der Waals surface area contributed by atoms with E-state index < -0.39 is 11.7 Å². The summed E-state index contributed by atoms with van der Waals surface area (Å²) in [6.07, 6.45) is 4.60. The average molecular weight is 586 g/mol. The Kier molecular flexibility index (Phi) is 7.93. The third-order valence-electron chi connectivity index (χ3n) is 6.87. The molecule has 0 unspecified atom stereocenters. The maximum Gasteiger partial charge on any atom is 0.414 e. The number of amides is 2. The molecule has 2 aliphatic heterocycles. The Morgan fingerprint density at radius 1 is 1.00 bits per heavy atom. The normalized spacial score (nSPS) is 16.7. The number of piperidine rings is 1. The summed E-state index contributed by atoms with van der Waals surface area (Å²) in [7, 11) is 0. The Hall–Kier alpha value is -3.36. The van der Waals surface area contributed by atoms with Gasteiger partial charge in [0.15, 0.2) is 5.69 Å². The number of benzene rings is 2. The summed E-state index contributed by atoms with van der Waals surface area (Å²) < 4.78 is 21.1. The molecule has 0 radical (unpaired) electrons. The maximum absolute atomic E-state index is 13.8. The largest absolute Gasteiger partial charge is 0.443 e. The molecule has 5 rings (SSSR count). The number of ether oxygens (including phenoxy) is 1. The second-order valence-corrected chi connectivity index (χ2v) is 11.8. The van der Waals surface area contributed by atoms with Gasteiger partial charge in [-0.1, -0.05) is 35.3 Å². The van der Waals surface area contributed by atoms with Crippen LogP contribution in [0.1, 0.15) is 67.3 Å². The molecule has 0 atom stereocenters. The van der Waals surface area contributed by atoms with Gasteiger partial charge in [-0.15, -0.1) is 0 Å². The standard InChI is InChI=1S/C30H31Cl2FN4O3/c1-30(2,3)40-29(39)36-16-13-22-26(28(38)35-14-5-4-6-15-35)34-37(24-12-9-20(31)18-23(24)32)27(22)25(36)17-19-7-10-21(33)11-8-19/h7-12,17-18H,4-6,13-16H2,1-3H3. The minimum atomic E-state index is -0.729. The zero-order chi connectivity index (χ0) is 28.6. The first-order chi connectivity index (χ1) is 19.0. The Balaban J connectivity index is 1.73. The average Bonchev–Trinajstić information content (AvgIpc) is 3.29. The van der Waals surface area contributed by atoms with Crippen molar-refractivity contribution >= 4 is 47.0 Å². The quantitative estimate of drug-likeness (QED) is 0.325. The summed E-state index contributed by atoms with van der Waals surface area (Å²) in [4.78, 5) is 30.6. The minimum Gasteiger partial charge on any atom is -0.443 e. The summed E-state index contributed by atoms with van der Waals surface area (Å²) >= 11 is 12.8. The van der Waals surface area contributed by atoms with Crippen LogP contribution in [0.5, 0.6) is 0 Å². The Labute approximate surface area is 243 Å². The fraction of sp³-hybridized carbons (Fsp3) is 0.367. The van der Waals surface area contributed by atoms with Crippen molar-refractivity contribution in [1.82, 2.24) is 19.6 Å². The highest BCUT2D eigenvalue weighted by atomic mass is 35.5. The van der Waals surface area contributed by atoms with Crippen molar-refractivity contribution in [2.45, 2.75) is 52.1 Å². The van der Waals surface area contributed by atoms with Gasteiger partial charge in [0.1, 0.15) is 11.4 Å². The molecule has 10 heteroatoms. The molecule has 7 nitrogen and oxygen atoms in total. The molecular weight excluding hydrogens is 554 g/mol. The van der Waals surface area contributed by atoms with E-state index in [1.807, 2.05) is 4.90 Å². The van der Waals surface area contributed by atoms with Gasteiger partial charge >= 0.3 is 6.09 Å². The maximum atomic E-state index is 13.8. The van der Waals surface area contributed by atoms with Gasteiger partial charge in [0.2, 0.25) is 0 Å². The van der Waals surface area contributed by atoms with Crippen LogP contribution >= 0.6 is 23.2 Å². The molecule has 0 N–H and O–H groups in total. The van der Waals surface area contributed by atoms with Crippen LogP contribution in [0.15, 0.2) is 42.5 Å². The first-order valence-corrected chi connectivity index (χ1v) is 14.1. The number of nitrogens with zero attached hydrogens (tertiary/aromatic N) is 4. The lowest BCUT2D eigenvalue weighted by atomic mass is 9.98. The molecule has 2 amide bonds. The van der Waals surface area contributed by atoms with Gasteiger partial charge in [-0.25, -0.2) is 13.9 Å². The third-order valence-corrected chi connectivity index (χ3v) is 7.41. The molecule has 0 saturated carbocycles. The summed E-state index contributed by atoms with van der Waals surface area (Å²) in [5, 5.41) is 5.61. The van der Waals surface area contributed by atoms with Crippen LogP contribution in [-0.2, 0) is 11.2 Å². The lowest BCUT2D eigenvalue weighted by Gasteiger charge is -2.33. The number of hydrogen-bond donors (Lipinski definition) is 0. The van der Waals surface area contributed by atoms with E-state index in [-0.39, 0.29) is 18.3 Å². The van der Waals surface area contributed by atoms with Crippen molar-refractivity contribution in [3.8, 4) is 5.69 Å². The van der Waals surface area contributed by atoms with Crippen LogP contribution < -0.4 is 0 Å². The predicted octanol–water partition coefficient (Wildman–Crippen LogP) is 7.24. The topological polar surface area (TPSA) is 67.7 Å². The molecule has 0 bridgehead atoms. The molecular formula is C30H31Cl2FN4O3. The molecule has 1 saturated heterocycles.